The molecule has 0 unspecified atom stereocenters. The van der Waals surface area contributed by atoms with Gasteiger partial charge in [0.1, 0.15) is 13.2 Å². The summed E-state index contributed by atoms with van der Waals surface area (Å²) in [6.45, 7) is 6.54. The van der Waals surface area contributed by atoms with E-state index in [0.29, 0.717) is 19.3 Å². The Bertz CT molecular complexity index is 1030. The third kappa shape index (κ3) is 48.5. The van der Waals surface area contributed by atoms with Crippen molar-refractivity contribution in [3.8, 4) is 0 Å². The van der Waals surface area contributed by atoms with Crippen LogP contribution in [0.2, 0.25) is 0 Å². The van der Waals surface area contributed by atoms with Crippen LogP contribution in [0.1, 0.15) is 278 Å². The van der Waals surface area contributed by atoms with Crippen molar-refractivity contribution in [3.05, 3.63) is 36.5 Å². The van der Waals surface area contributed by atoms with Gasteiger partial charge in [0.25, 0.3) is 0 Å². The summed E-state index contributed by atoms with van der Waals surface area (Å²) < 4.78 is 16.8. The Morgan fingerprint density at radius 1 is 0.344 bits per heavy atom. The van der Waals surface area contributed by atoms with Crippen molar-refractivity contribution in [2.45, 2.75) is 284 Å². The van der Waals surface area contributed by atoms with Crippen LogP contribution in [0.5, 0.6) is 0 Å². The lowest BCUT2D eigenvalue weighted by molar-refractivity contribution is -0.167. The van der Waals surface area contributed by atoms with E-state index in [1.807, 2.05) is 0 Å². The molecule has 0 rings (SSSR count). The van der Waals surface area contributed by atoms with Crippen LogP contribution < -0.4 is 0 Å². The first-order chi connectivity index (χ1) is 30.0. The third-order valence-corrected chi connectivity index (χ3v) is 11.7. The molecule has 6 heteroatoms. The number of hydrogen-bond acceptors (Lipinski definition) is 6. The third-order valence-electron chi connectivity index (χ3n) is 11.7. The predicted octanol–water partition coefficient (Wildman–Crippen LogP) is 17.3. The number of carbonyl (C=O) groups is 3. The molecule has 0 radical (unpaired) electrons. The summed E-state index contributed by atoms with van der Waals surface area (Å²) in [5.74, 6) is -0.877. The standard InChI is InChI=1S/C55H100O6/c1-4-7-10-13-16-19-22-25-27-30-32-35-38-41-44-47-53(56)59-50-52(61-55(58)49-46-43-40-37-34-29-24-21-18-15-12-9-6-3)51-60-54(57)48-45-42-39-36-33-31-28-26-23-20-17-14-11-8-5-2/h7,10,16,19,25,27,52H,4-6,8-9,11-15,17-18,20-24,26,28-51H2,1-3H3/b10-7-,19-16-,27-25-/t52-/m0/s1. The lowest BCUT2D eigenvalue weighted by Gasteiger charge is -2.18. The van der Waals surface area contributed by atoms with Crippen molar-refractivity contribution < 1.29 is 28.6 Å². The van der Waals surface area contributed by atoms with Crippen LogP contribution in [-0.2, 0) is 28.6 Å². The van der Waals surface area contributed by atoms with Gasteiger partial charge in [-0.2, -0.15) is 0 Å². The number of rotatable bonds is 48. The van der Waals surface area contributed by atoms with Crippen molar-refractivity contribution >= 4 is 17.9 Å². The topological polar surface area (TPSA) is 78.9 Å². The molecule has 0 aromatic rings. The van der Waals surface area contributed by atoms with Gasteiger partial charge in [0.15, 0.2) is 6.10 Å². The van der Waals surface area contributed by atoms with E-state index in [1.165, 1.54) is 141 Å². The highest BCUT2D eigenvalue weighted by Crippen LogP contribution is 2.16. The fourth-order valence-corrected chi connectivity index (χ4v) is 7.69. The zero-order valence-corrected chi connectivity index (χ0v) is 40.7. The zero-order valence-electron chi connectivity index (χ0n) is 40.7. The Labute approximate surface area is 378 Å². The lowest BCUT2D eigenvalue weighted by atomic mass is 10.0. The van der Waals surface area contributed by atoms with Crippen LogP contribution in [0.15, 0.2) is 36.5 Å². The summed E-state index contributed by atoms with van der Waals surface area (Å²) in [6.07, 6.45) is 58.4. The van der Waals surface area contributed by atoms with E-state index in [2.05, 4.69) is 57.2 Å². The van der Waals surface area contributed by atoms with Crippen LogP contribution in [0.4, 0.5) is 0 Å². The number of hydrogen-bond donors (Lipinski definition) is 0. The molecule has 6 nitrogen and oxygen atoms in total. The second-order valence-corrected chi connectivity index (χ2v) is 17.8. The molecule has 0 aliphatic carbocycles. The minimum atomic E-state index is -0.773. The largest absolute Gasteiger partial charge is 0.462 e. The predicted molar refractivity (Wildman–Crippen MR) is 261 cm³/mol. The summed E-state index contributed by atoms with van der Waals surface area (Å²) in [5.41, 5.74) is 0. The minimum absolute atomic E-state index is 0.0732. The maximum absolute atomic E-state index is 12.8. The van der Waals surface area contributed by atoms with E-state index >= 15 is 0 Å². The summed E-state index contributed by atoms with van der Waals surface area (Å²) in [4.78, 5) is 38.0. The van der Waals surface area contributed by atoms with Gasteiger partial charge in [-0.05, 0) is 51.4 Å². The number of unbranched alkanes of at least 4 members (excludes halogenated alkanes) is 31. The molecule has 1 atom stereocenters. The minimum Gasteiger partial charge on any atom is -0.462 e. The maximum atomic E-state index is 12.8. The Morgan fingerprint density at radius 3 is 1.00 bits per heavy atom. The first-order valence-corrected chi connectivity index (χ1v) is 26.5. The molecule has 0 fully saturated rings. The summed E-state index contributed by atoms with van der Waals surface area (Å²) in [7, 11) is 0. The van der Waals surface area contributed by atoms with Gasteiger partial charge in [0, 0.05) is 19.3 Å². The van der Waals surface area contributed by atoms with E-state index in [0.717, 1.165) is 96.3 Å². The van der Waals surface area contributed by atoms with Gasteiger partial charge in [0.2, 0.25) is 0 Å². The van der Waals surface area contributed by atoms with Crippen molar-refractivity contribution in [2.24, 2.45) is 0 Å². The first kappa shape index (κ1) is 58.6. The smallest absolute Gasteiger partial charge is 0.306 e. The van der Waals surface area contributed by atoms with Gasteiger partial charge >= 0.3 is 17.9 Å². The second-order valence-electron chi connectivity index (χ2n) is 17.8. The number of carbonyl (C=O) groups excluding carboxylic acids is 3. The summed E-state index contributed by atoms with van der Waals surface area (Å²) in [5, 5.41) is 0. The Kier molecular flexibility index (Phi) is 48.3. The molecule has 0 amide bonds. The van der Waals surface area contributed by atoms with Crippen LogP contribution in [-0.4, -0.2) is 37.2 Å². The molecular formula is C55H100O6. The fraction of sp³-hybridized carbons (Fsp3) is 0.836. The van der Waals surface area contributed by atoms with Crippen LogP contribution in [0.25, 0.3) is 0 Å². The van der Waals surface area contributed by atoms with Crippen LogP contribution in [0.3, 0.4) is 0 Å². The zero-order chi connectivity index (χ0) is 44.4. The molecule has 0 saturated heterocycles. The van der Waals surface area contributed by atoms with Crippen molar-refractivity contribution in [2.75, 3.05) is 13.2 Å². The highest BCUT2D eigenvalue weighted by atomic mass is 16.6. The van der Waals surface area contributed by atoms with Crippen molar-refractivity contribution in [1.29, 1.82) is 0 Å². The molecule has 0 spiro atoms. The normalized spacial score (nSPS) is 12.2. The average molecular weight is 857 g/mol. The Balaban J connectivity index is 4.36. The Hall–Kier alpha value is -2.37. The van der Waals surface area contributed by atoms with Crippen molar-refractivity contribution in [1.82, 2.24) is 0 Å². The number of esters is 3. The first-order valence-electron chi connectivity index (χ1n) is 26.5. The molecule has 61 heavy (non-hydrogen) atoms. The van der Waals surface area contributed by atoms with Gasteiger partial charge in [-0.1, -0.05) is 243 Å². The number of ether oxygens (including phenoxy) is 3. The molecule has 0 aliphatic rings. The van der Waals surface area contributed by atoms with Crippen LogP contribution >= 0.6 is 0 Å². The molecule has 356 valence electrons. The lowest BCUT2D eigenvalue weighted by Crippen LogP contribution is -2.30. The maximum Gasteiger partial charge on any atom is 0.306 e. The SMILES string of the molecule is CC/C=C\C/C=C\C/C=C\CCCCCCCC(=O)OC[C@@H](COC(=O)CCCCCCCCCCCCCCCCC)OC(=O)CCCCCCCCCCCCCCC. The highest BCUT2D eigenvalue weighted by molar-refractivity contribution is 5.71. The highest BCUT2D eigenvalue weighted by Gasteiger charge is 2.19. The van der Waals surface area contributed by atoms with E-state index in [1.54, 1.807) is 0 Å². The monoisotopic (exact) mass is 857 g/mol. The quantitative estimate of drug-likeness (QED) is 0.0262. The van der Waals surface area contributed by atoms with Gasteiger partial charge in [-0.15, -0.1) is 0 Å². The van der Waals surface area contributed by atoms with E-state index in [4.69, 9.17) is 14.2 Å². The Morgan fingerprint density at radius 2 is 0.639 bits per heavy atom. The molecule has 0 aromatic carbocycles. The van der Waals surface area contributed by atoms with Crippen LogP contribution in [0, 0.1) is 0 Å². The summed E-state index contributed by atoms with van der Waals surface area (Å²) >= 11 is 0. The van der Waals surface area contributed by atoms with Gasteiger partial charge in [-0.25, -0.2) is 0 Å². The summed E-state index contributed by atoms with van der Waals surface area (Å²) in [6, 6.07) is 0. The van der Waals surface area contributed by atoms with E-state index in [9.17, 15) is 14.4 Å². The molecular weight excluding hydrogens is 757 g/mol. The molecule has 0 bridgehead atoms. The molecule has 0 N–H and O–H groups in total. The second kappa shape index (κ2) is 50.3. The van der Waals surface area contributed by atoms with Gasteiger partial charge in [-0.3, -0.25) is 14.4 Å². The van der Waals surface area contributed by atoms with Crippen molar-refractivity contribution in [3.63, 3.8) is 0 Å². The van der Waals surface area contributed by atoms with Gasteiger partial charge < -0.3 is 14.2 Å². The fourth-order valence-electron chi connectivity index (χ4n) is 7.69. The molecule has 0 aliphatic heterocycles. The average Bonchev–Trinajstić information content (AvgIpc) is 3.26. The van der Waals surface area contributed by atoms with E-state index < -0.39 is 6.10 Å². The van der Waals surface area contributed by atoms with E-state index in [-0.39, 0.29) is 31.1 Å². The molecule has 0 heterocycles. The molecule has 0 aromatic heterocycles. The molecule has 0 saturated carbocycles. The number of allylic oxidation sites excluding steroid dienone is 6. The van der Waals surface area contributed by atoms with Gasteiger partial charge in [0.05, 0.1) is 0 Å².